The quantitative estimate of drug-likeness (QED) is 0.415. The Hall–Kier alpha value is -3.55. The standard InChI is InChI=1S/C8H5NO3.C7H7NO3/c10-8(11)5-1-2-7-6(3-5)9-4-12-7;8-5-2-1-4(7(10)11)3-6(5)9/h1-4H,(H,10,11);1-3,9H,8H2,(H,10,11). The lowest BCUT2D eigenvalue weighted by molar-refractivity contribution is 0.0686. The summed E-state index contributed by atoms with van der Waals surface area (Å²) >= 11 is 0. The van der Waals surface area contributed by atoms with Gasteiger partial charge in [-0.3, -0.25) is 0 Å². The molecule has 0 bridgehead atoms. The van der Waals surface area contributed by atoms with Gasteiger partial charge in [0.05, 0.1) is 16.8 Å². The summed E-state index contributed by atoms with van der Waals surface area (Å²) in [7, 11) is 0. The van der Waals surface area contributed by atoms with Crippen molar-refractivity contribution in [2.24, 2.45) is 0 Å². The van der Waals surface area contributed by atoms with Gasteiger partial charge in [0.1, 0.15) is 11.3 Å². The predicted octanol–water partition coefficient (Wildman–Crippen LogP) is 2.20. The lowest BCUT2D eigenvalue weighted by Gasteiger charge is -1.98. The summed E-state index contributed by atoms with van der Waals surface area (Å²) in [5.74, 6) is -2.25. The van der Waals surface area contributed by atoms with Gasteiger partial charge in [-0.1, -0.05) is 0 Å². The number of aromatic nitrogens is 1. The lowest BCUT2D eigenvalue weighted by Crippen LogP contribution is -1.96. The van der Waals surface area contributed by atoms with E-state index in [1.165, 1.54) is 30.7 Å². The van der Waals surface area contributed by atoms with Crippen LogP contribution < -0.4 is 5.73 Å². The minimum absolute atomic E-state index is 0.0247. The fourth-order valence-electron chi connectivity index (χ4n) is 1.67. The number of anilines is 1. The first-order valence-corrected chi connectivity index (χ1v) is 6.27. The van der Waals surface area contributed by atoms with Gasteiger partial charge in [-0.2, -0.15) is 0 Å². The fourth-order valence-corrected chi connectivity index (χ4v) is 1.67. The highest BCUT2D eigenvalue weighted by molar-refractivity contribution is 5.91. The molecule has 8 heteroatoms. The second kappa shape index (κ2) is 6.48. The number of rotatable bonds is 2. The van der Waals surface area contributed by atoms with E-state index in [2.05, 4.69) is 4.98 Å². The van der Waals surface area contributed by atoms with Crippen LogP contribution in [-0.2, 0) is 0 Å². The molecule has 118 valence electrons. The van der Waals surface area contributed by atoms with Gasteiger partial charge in [-0.05, 0) is 36.4 Å². The number of nitrogen functional groups attached to an aromatic ring is 1. The van der Waals surface area contributed by atoms with Crippen molar-refractivity contribution in [3.8, 4) is 5.75 Å². The molecule has 0 radical (unpaired) electrons. The zero-order valence-electron chi connectivity index (χ0n) is 11.6. The normalized spacial score (nSPS) is 9.91. The largest absolute Gasteiger partial charge is 0.506 e. The Balaban J connectivity index is 0.000000168. The van der Waals surface area contributed by atoms with Crippen molar-refractivity contribution in [1.82, 2.24) is 4.98 Å². The SMILES string of the molecule is Nc1ccc(C(=O)O)cc1O.O=C(O)c1ccc2ocnc2c1. The molecule has 0 unspecified atom stereocenters. The van der Waals surface area contributed by atoms with Gasteiger partial charge in [0.2, 0.25) is 0 Å². The summed E-state index contributed by atoms with van der Waals surface area (Å²) in [5.41, 5.74) is 6.83. The second-order valence-corrected chi connectivity index (χ2v) is 4.42. The molecule has 0 saturated carbocycles. The maximum Gasteiger partial charge on any atom is 0.335 e. The van der Waals surface area contributed by atoms with Crippen molar-refractivity contribution in [2.75, 3.05) is 5.73 Å². The van der Waals surface area contributed by atoms with Crippen LogP contribution in [0.1, 0.15) is 20.7 Å². The number of fused-ring (bicyclic) bond motifs is 1. The van der Waals surface area contributed by atoms with Crippen molar-refractivity contribution in [3.05, 3.63) is 53.9 Å². The van der Waals surface area contributed by atoms with Crippen molar-refractivity contribution < 1.29 is 29.3 Å². The Bertz CT molecular complexity index is 871. The smallest absolute Gasteiger partial charge is 0.335 e. The van der Waals surface area contributed by atoms with Crippen molar-refractivity contribution in [1.29, 1.82) is 0 Å². The number of carboxylic acids is 2. The molecule has 0 fully saturated rings. The van der Waals surface area contributed by atoms with Crippen LogP contribution in [0.25, 0.3) is 11.1 Å². The monoisotopic (exact) mass is 316 g/mol. The van der Waals surface area contributed by atoms with Gasteiger partial charge >= 0.3 is 11.9 Å². The van der Waals surface area contributed by atoms with Gasteiger partial charge in [0.15, 0.2) is 12.0 Å². The van der Waals surface area contributed by atoms with Crippen LogP contribution >= 0.6 is 0 Å². The van der Waals surface area contributed by atoms with Crippen molar-refractivity contribution in [3.63, 3.8) is 0 Å². The fraction of sp³-hybridized carbons (Fsp3) is 0. The maximum atomic E-state index is 10.5. The maximum absolute atomic E-state index is 10.5. The molecule has 3 aromatic rings. The molecular weight excluding hydrogens is 304 g/mol. The Morgan fingerprint density at radius 2 is 1.61 bits per heavy atom. The van der Waals surface area contributed by atoms with E-state index in [1.807, 2.05) is 0 Å². The van der Waals surface area contributed by atoms with E-state index in [0.29, 0.717) is 11.1 Å². The molecule has 0 aliphatic carbocycles. The molecule has 0 saturated heterocycles. The first kappa shape index (κ1) is 15.8. The third-order valence-corrected chi connectivity index (χ3v) is 2.85. The number of hydrogen-bond donors (Lipinski definition) is 4. The third-order valence-electron chi connectivity index (χ3n) is 2.85. The van der Waals surface area contributed by atoms with E-state index in [-0.39, 0.29) is 22.6 Å². The minimum Gasteiger partial charge on any atom is -0.506 e. The van der Waals surface area contributed by atoms with Crippen LogP contribution in [0, 0.1) is 0 Å². The van der Waals surface area contributed by atoms with E-state index in [0.717, 1.165) is 6.07 Å². The average molecular weight is 316 g/mol. The number of phenolic OH excluding ortho intramolecular Hbond substituents is 1. The summed E-state index contributed by atoms with van der Waals surface area (Å²) in [6.45, 7) is 0. The molecule has 2 aromatic carbocycles. The van der Waals surface area contributed by atoms with Gasteiger partial charge < -0.3 is 25.5 Å². The first-order valence-electron chi connectivity index (χ1n) is 6.27. The highest BCUT2D eigenvalue weighted by Gasteiger charge is 2.05. The summed E-state index contributed by atoms with van der Waals surface area (Å²) < 4.78 is 4.95. The number of nitrogens with zero attached hydrogens (tertiary/aromatic N) is 1. The Morgan fingerprint density at radius 1 is 1.00 bits per heavy atom. The summed E-state index contributed by atoms with van der Waals surface area (Å²) in [6, 6.07) is 8.33. The number of nitrogens with two attached hydrogens (primary N) is 1. The Morgan fingerprint density at radius 3 is 2.22 bits per heavy atom. The molecule has 0 aliphatic rings. The molecule has 5 N–H and O–H groups in total. The minimum atomic E-state index is -1.08. The van der Waals surface area contributed by atoms with Crippen LogP contribution in [0.2, 0.25) is 0 Å². The van der Waals surface area contributed by atoms with Crippen molar-refractivity contribution in [2.45, 2.75) is 0 Å². The van der Waals surface area contributed by atoms with Gasteiger partial charge in [0.25, 0.3) is 0 Å². The number of hydrogen-bond acceptors (Lipinski definition) is 6. The van der Waals surface area contributed by atoms with Gasteiger partial charge in [-0.25, -0.2) is 14.6 Å². The average Bonchev–Trinajstić information content (AvgIpc) is 2.97. The van der Waals surface area contributed by atoms with Gasteiger partial charge in [0, 0.05) is 0 Å². The van der Waals surface area contributed by atoms with E-state index >= 15 is 0 Å². The van der Waals surface area contributed by atoms with E-state index < -0.39 is 11.9 Å². The van der Waals surface area contributed by atoms with E-state index in [4.69, 9.17) is 25.5 Å². The van der Waals surface area contributed by atoms with Crippen LogP contribution in [0.3, 0.4) is 0 Å². The summed E-state index contributed by atoms with van der Waals surface area (Å²) in [6.07, 6.45) is 1.29. The third kappa shape index (κ3) is 3.76. The Kier molecular flexibility index (Phi) is 4.46. The zero-order chi connectivity index (χ0) is 17.0. The molecular formula is C15H12N2O6. The molecule has 3 rings (SSSR count). The Labute approximate surface area is 129 Å². The van der Waals surface area contributed by atoms with E-state index in [1.54, 1.807) is 6.07 Å². The first-order chi connectivity index (χ1) is 10.9. The molecule has 0 atom stereocenters. The molecule has 8 nitrogen and oxygen atoms in total. The highest BCUT2D eigenvalue weighted by Crippen LogP contribution is 2.20. The number of aromatic carboxylic acids is 2. The highest BCUT2D eigenvalue weighted by atomic mass is 16.4. The lowest BCUT2D eigenvalue weighted by atomic mass is 10.2. The summed E-state index contributed by atoms with van der Waals surface area (Å²) in [5, 5.41) is 26.0. The number of carboxylic acid groups (broad SMARTS) is 2. The molecule has 1 aromatic heterocycles. The molecule has 0 amide bonds. The van der Waals surface area contributed by atoms with Crippen molar-refractivity contribution >= 4 is 28.7 Å². The second-order valence-electron chi connectivity index (χ2n) is 4.42. The number of oxazole rings is 1. The molecule has 1 heterocycles. The topological polar surface area (TPSA) is 147 Å². The van der Waals surface area contributed by atoms with Crippen LogP contribution in [0.5, 0.6) is 5.75 Å². The predicted molar refractivity (Wildman–Crippen MR) is 80.4 cm³/mol. The van der Waals surface area contributed by atoms with Gasteiger partial charge in [-0.15, -0.1) is 0 Å². The number of aromatic hydroxyl groups is 1. The van der Waals surface area contributed by atoms with Crippen LogP contribution in [0.4, 0.5) is 5.69 Å². The van der Waals surface area contributed by atoms with Crippen LogP contribution in [-0.4, -0.2) is 32.2 Å². The zero-order valence-corrected chi connectivity index (χ0v) is 11.6. The van der Waals surface area contributed by atoms with Crippen LogP contribution in [0.15, 0.2) is 47.2 Å². The number of carbonyl (C=O) groups is 2. The number of benzene rings is 2. The molecule has 23 heavy (non-hydrogen) atoms. The number of phenols is 1. The van der Waals surface area contributed by atoms with E-state index in [9.17, 15) is 9.59 Å². The molecule has 0 aliphatic heterocycles. The molecule has 0 spiro atoms. The summed E-state index contributed by atoms with van der Waals surface area (Å²) in [4.78, 5) is 24.7.